The number of carboxylic acid groups (broad SMARTS) is 1. The molecule has 1 fully saturated rings. The maximum atomic E-state index is 12.7. The average molecular weight is 359 g/mol. The number of hydrogen-bond donors (Lipinski definition) is 1. The summed E-state index contributed by atoms with van der Waals surface area (Å²) in [5.41, 5.74) is 1.10. The maximum absolute atomic E-state index is 12.7. The van der Waals surface area contributed by atoms with Crippen LogP contribution in [0.25, 0.3) is 0 Å². The van der Waals surface area contributed by atoms with E-state index in [1.807, 2.05) is 45.3 Å². The largest absolute Gasteiger partial charge is 0.486 e. The Morgan fingerprint density at radius 3 is 2.73 bits per heavy atom. The normalized spacial score (nSPS) is 18.3. The Hall–Kier alpha value is -2.80. The summed E-state index contributed by atoms with van der Waals surface area (Å²) in [7, 11) is 3.72. The smallest absolute Gasteiger partial charge is 0.334 e. The Morgan fingerprint density at radius 1 is 1.31 bits per heavy atom. The Labute approximate surface area is 151 Å². The van der Waals surface area contributed by atoms with E-state index >= 15 is 0 Å². The van der Waals surface area contributed by atoms with Crippen molar-refractivity contribution in [3.63, 3.8) is 0 Å². The molecule has 2 heterocycles. The van der Waals surface area contributed by atoms with Gasteiger partial charge in [-0.2, -0.15) is 5.01 Å². The number of benzene rings is 1. The van der Waals surface area contributed by atoms with Crippen LogP contribution in [0.3, 0.4) is 0 Å². The Balaban J connectivity index is 1.66. The molecule has 2 aromatic rings. The maximum Gasteiger partial charge on any atom is 0.334 e. The van der Waals surface area contributed by atoms with Crippen LogP contribution >= 0.6 is 0 Å². The van der Waals surface area contributed by atoms with E-state index in [1.54, 1.807) is 12.1 Å². The van der Waals surface area contributed by atoms with Crippen molar-refractivity contribution in [3.05, 3.63) is 53.5 Å². The third-order valence-electron chi connectivity index (χ3n) is 4.45. The quantitative estimate of drug-likeness (QED) is 0.802. The molecule has 3 rings (SSSR count). The number of carbonyl (C=O) groups is 2. The van der Waals surface area contributed by atoms with Crippen molar-refractivity contribution >= 4 is 11.9 Å². The third-order valence-corrected chi connectivity index (χ3v) is 4.45. The van der Waals surface area contributed by atoms with Gasteiger partial charge in [0, 0.05) is 0 Å². The number of likely N-dealkylation sites (N-methyl/N-ethyl adjacent to an activating group) is 1. The van der Waals surface area contributed by atoms with E-state index < -0.39 is 5.97 Å². The number of quaternary nitrogens is 1. The molecule has 0 radical (unpaired) electrons. The molecular formula is C19H23N2O5+. The Bertz CT molecular complexity index is 827. The van der Waals surface area contributed by atoms with Crippen molar-refractivity contribution in [2.75, 3.05) is 20.6 Å². The molecule has 1 aromatic carbocycles. The van der Waals surface area contributed by atoms with E-state index in [-0.39, 0.29) is 30.7 Å². The van der Waals surface area contributed by atoms with Crippen molar-refractivity contribution < 1.29 is 28.4 Å². The second-order valence-electron chi connectivity index (χ2n) is 7.08. The van der Waals surface area contributed by atoms with Crippen molar-refractivity contribution in [2.24, 2.45) is 0 Å². The molecule has 1 atom stereocenters. The van der Waals surface area contributed by atoms with Gasteiger partial charge in [0.15, 0.2) is 5.76 Å². The van der Waals surface area contributed by atoms with E-state index in [0.717, 1.165) is 11.3 Å². The van der Waals surface area contributed by atoms with Gasteiger partial charge in [-0.05, 0) is 36.8 Å². The number of carbonyl (C=O) groups excluding carboxylic acids is 1. The highest BCUT2D eigenvalue weighted by molar-refractivity contribution is 5.91. The van der Waals surface area contributed by atoms with Crippen molar-refractivity contribution in [2.45, 2.75) is 26.0 Å². The van der Waals surface area contributed by atoms with Crippen LogP contribution < -0.4 is 4.74 Å². The molecule has 0 spiro atoms. The number of nitrogens with zero attached hydrogens (tertiary/aromatic N) is 2. The van der Waals surface area contributed by atoms with Crippen LogP contribution in [0.4, 0.5) is 0 Å². The fraction of sp³-hybridized carbons (Fsp3) is 0.368. The molecule has 138 valence electrons. The zero-order valence-electron chi connectivity index (χ0n) is 15.1. The Kier molecular flexibility index (Phi) is 4.73. The fourth-order valence-electron chi connectivity index (χ4n) is 3.33. The minimum Gasteiger partial charge on any atom is -0.486 e. The molecule has 1 amide bonds. The predicted molar refractivity (Wildman–Crippen MR) is 93.4 cm³/mol. The fourth-order valence-corrected chi connectivity index (χ4v) is 3.33. The topological polar surface area (TPSA) is 80.0 Å². The van der Waals surface area contributed by atoms with Gasteiger partial charge in [0.1, 0.15) is 30.7 Å². The molecule has 0 bridgehead atoms. The van der Waals surface area contributed by atoms with Crippen molar-refractivity contribution in [3.8, 4) is 5.75 Å². The van der Waals surface area contributed by atoms with E-state index in [1.165, 1.54) is 5.01 Å². The first-order valence-electron chi connectivity index (χ1n) is 8.43. The predicted octanol–water partition coefficient (Wildman–Crippen LogP) is 2.46. The molecule has 7 nitrogen and oxygen atoms in total. The van der Waals surface area contributed by atoms with Gasteiger partial charge in [-0.15, -0.1) is 0 Å². The first kappa shape index (κ1) is 18.0. The molecule has 1 aliphatic heterocycles. The number of amides is 1. The lowest BCUT2D eigenvalue weighted by Crippen LogP contribution is -2.75. The molecule has 1 unspecified atom stereocenters. The van der Waals surface area contributed by atoms with Crippen LogP contribution in [0.15, 0.2) is 40.8 Å². The minimum atomic E-state index is -0.917. The van der Waals surface area contributed by atoms with Crippen LogP contribution in [-0.4, -0.2) is 53.3 Å². The highest BCUT2D eigenvalue weighted by atomic mass is 16.5. The lowest BCUT2D eigenvalue weighted by molar-refractivity contribution is -1.04. The van der Waals surface area contributed by atoms with Gasteiger partial charge in [0.05, 0.1) is 20.5 Å². The molecule has 1 saturated heterocycles. The second-order valence-corrected chi connectivity index (χ2v) is 7.08. The molecular weight excluding hydrogens is 336 g/mol. The molecule has 0 saturated carbocycles. The molecule has 1 N–H and O–H groups in total. The van der Waals surface area contributed by atoms with E-state index in [2.05, 4.69) is 0 Å². The number of carboxylic acids is 1. The van der Waals surface area contributed by atoms with Gasteiger partial charge in [0.2, 0.25) is 0 Å². The molecule has 1 aliphatic rings. The van der Waals surface area contributed by atoms with Gasteiger partial charge in [-0.25, -0.2) is 4.59 Å². The molecule has 1 aromatic heterocycles. The number of aryl methyl sites for hydroxylation is 1. The number of aliphatic carboxylic acids is 1. The summed E-state index contributed by atoms with van der Waals surface area (Å²) in [6, 6.07) is 10.7. The molecule has 7 heteroatoms. The standard InChI is InChI=1S/C19H22N2O5/c1-13-5-4-6-15(9-13)25-12-16-7-8-17(26-16)19(24)20-14(10-18(22)23)11-21(20,2)3/h4-9,14H,10-12H2,1-3H3/p+1. The first-order chi connectivity index (χ1) is 12.3. The minimum absolute atomic E-state index is 0.0720. The van der Waals surface area contributed by atoms with E-state index in [9.17, 15) is 9.59 Å². The number of hydrogen-bond acceptors (Lipinski definition) is 4. The third kappa shape index (κ3) is 3.72. The van der Waals surface area contributed by atoms with E-state index in [4.69, 9.17) is 14.3 Å². The number of rotatable bonds is 6. The molecule has 26 heavy (non-hydrogen) atoms. The van der Waals surface area contributed by atoms with Crippen molar-refractivity contribution in [1.82, 2.24) is 5.01 Å². The summed E-state index contributed by atoms with van der Waals surface area (Å²) >= 11 is 0. The number of furan rings is 1. The van der Waals surface area contributed by atoms with Gasteiger partial charge >= 0.3 is 11.9 Å². The lowest BCUT2D eigenvalue weighted by Gasteiger charge is -2.52. The summed E-state index contributed by atoms with van der Waals surface area (Å²) in [5.74, 6) is 0.231. The monoisotopic (exact) mass is 359 g/mol. The zero-order chi connectivity index (χ0) is 18.9. The van der Waals surface area contributed by atoms with Crippen LogP contribution in [0.1, 0.15) is 28.3 Å². The highest BCUT2D eigenvalue weighted by Gasteiger charge is 2.51. The summed E-state index contributed by atoms with van der Waals surface area (Å²) in [6.45, 7) is 2.80. The highest BCUT2D eigenvalue weighted by Crippen LogP contribution is 2.29. The average Bonchev–Trinajstić information content (AvgIpc) is 3.00. The van der Waals surface area contributed by atoms with Crippen LogP contribution in [0.5, 0.6) is 5.75 Å². The van der Waals surface area contributed by atoms with Gasteiger partial charge in [-0.1, -0.05) is 12.1 Å². The van der Waals surface area contributed by atoms with E-state index in [0.29, 0.717) is 16.9 Å². The zero-order valence-corrected chi connectivity index (χ0v) is 15.1. The van der Waals surface area contributed by atoms with Crippen LogP contribution in [0.2, 0.25) is 0 Å². The number of ether oxygens (including phenoxy) is 1. The van der Waals surface area contributed by atoms with Gasteiger partial charge in [0.25, 0.3) is 0 Å². The first-order valence-corrected chi connectivity index (χ1v) is 8.43. The summed E-state index contributed by atoms with van der Waals surface area (Å²) in [5, 5.41) is 10.5. The second kappa shape index (κ2) is 6.84. The van der Waals surface area contributed by atoms with Crippen LogP contribution in [-0.2, 0) is 11.4 Å². The lowest BCUT2D eigenvalue weighted by atomic mass is 10.1. The molecule has 0 aliphatic carbocycles. The SMILES string of the molecule is Cc1cccc(OCc2ccc(C(=O)N3C(CC(=O)O)C[N+]3(C)C)o2)c1. The van der Waals surface area contributed by atoms with Crippen LogP contribution in [0, 0.1) is 6.92 Å². The summed E-state index contributed by atoms with van der Waals surface area (Å²) in [6.07, 6.45) is -0.0720. The van der Waals surface area contributed by atoms with Gasteiger partial charge < -0.3 is 14.3 Å². The summed E-state index contributed by atoms with van der Waals surface area (Å²) < 4.78 is 11.6. The Morgan fingerprint density at radius 2 is 2.08 bits per heavy atom. The van der Waals surface area contributed by atoms with Gasteiger partial charge in [-0.3, -0.25) is 9.59 Å². The van der Waals surface area contributed by atoms with Crippen molar-refractivity contribution in [1.29, 1.82) is 0 Å². The summed E-state index contributed by atoms with van der Waals surface area (Å²) in [4.78, 5) is 23.7.